The van der Waals surface area contributed by atoms with Crippen molar-refractivity contribution in [3.8, 4) is 5.75 Å². The van der Waals surface area contributed by atoms with Crippen LogP contribution in [0.15, 0.2) is 21.1 Å². The van der Waals surface area contributed by atoms with Crippen LogP contribution in [0.3, 0.4) is 0 Å². The van der Waals surface area contributed by atoms with Crippen LogP contribution in [0.4, 0.5) is 0 Å². The average Bonchev–Trinajstić information content (AvgIpc) is 2.94. The van der Waals surface area contributed by atoms with Crippen LogP contribution in [0.25, 0.3) is 0 Å². The van der Waals surface area contributed by atoms with Crippen molar-refractivity contribution in [3.63, 3.8) is 0 Å². The fourth-order valence-electron chi connectivity index (χ4n) is 2.40. The van der Waals surface area contributed by atoms with Gasteiger partial charge in [-0.05, 0) is 76.2 Å². The molecule has 0 aliphatic carbocycles. The molecule has 0 spiro atoms. The average molecular weight is 444 g/mol. The van der Waals surface area contributed by atoms with Gasteiger partial charge in [0.2, 0.25) is 0 Å². The fourth-order valence-corrected chi connectivity index (χ4v) is 3.91. The molecule has 120 valence electrons. The fraction of sp³-hybridized carbons (Fsp3) is 0.600. The number of nitrogens with one attached hydrogen (secondary N) is 1. The Morgan fingerprint density at radius 1 is 1.38 bits per heavy atom. The van der Waals surface area contributed by atoms with E-state index in [-0.39, 0.29) is 12.4 Å². The van der Waals surface area contributed by atoms with E-state index in [4.69, 9.17) is 9.47 Å². The molecule has 6 heteroatoms. The van der Waals surface area contributed by atoms with Crippen LogP contribution >= 0.6 is 44.3 Å². The number of halogens is 3. The Balaban J connectivity index is 0.00000220. The van der Waals surface area contributed by atoms with Crippen LogP contribution in [-0.4, -0.2) is 25.4 Å². The molecule has 1 aromatic carbocycles. The van der Waals surface area contributed by atoms with Gasteiger partial charge in [-0.15, -0.1) is 12.4 Å². The molecule has 0 saturated carbocycles. The van der Waals surface area contributed by atoms with Gasteiger partial charge in [-0.25, -0.2) is 0 Å². The van der Waals surface area contributed by atoms with Gasteiger partial charge < -0.3 is 14.8 Å². The number of ether oxygens (including phenoxy) is 2. The lowest BCUT2D eigenvalue weighted by molar-refractivity contribution is 0.0832. The Kier molecular flexibility index (Phi) is 8.57. The zero-order chi connectivity index (χ0) is 14.5. The molecule has 0 aromatic heterocycles. The molecular weight excluding hydrogens is 421 g/mol. The molecule has 0 bridgehead atoms. The topological polar surface area (TPSA) is 30.5 Å². The molecule has 1 aromatic rings. The van der Waals surface area contributed by atoms with E-state index in [1.807, 2.05) is 6.92 Å². The van der Waals surface area contributed by atoms with Crippen molar-refractivity contribution in [1.82, 2.24) is 5.32 Å². The standard InChI is InChI=1S/C15H21Br2NO2.ClH/c1-3-19-15-12(16)7-11(8-13(15)17)9-18-10(2)14-5-4-6-20-14;/h7-8,10,14,18H,3-6,9H2,1-2H3;1H. The predicted molar refractivity (Wildman–Crippen MR) is 95.5 cm³/mol. The van der Waals surface area contributed by atoms with E-state index in [9.17, 15) is 0 Å². The van der Waals surface area contributed by atoms with E-state index < -0.39 is 0 Å². The first-order valence-corrected chi connectivity index (χ1v) is 8.66. The summed E-state index contributed by atoms with van der Waals surface area (Å²) < 4.78 is 13.3. The van der Waals surface area contributed by atoms with Crippen LogP contribution in [0, 0.1) is 0 Å². The summed E-state index contributed by atoms with van der Waals surface area (Å²) in [7, 11) is 0. The second-order valence-corrected chi connectivity index (χ2v) is 6.75. The summed E-state index contributed by atoms with van der Waals surface area (Å²) in [6.07, 6.45) is 2.69. The molecule has 0 radical (unpaired) electrons. The second-order valence-electron chi connectivity index (χ2n) is 5.04. The van der Waals surface area contributed by atoms with Crippen molar-refractivity contribution >= 4 is 44.3 Å². The lowest BCUT2D eigenvalue weighted by Gasteiger charge is -2.20. The zero-order valence-electron chi connectivity index (χ0n) is 12.3. The van der Waals surface area contributed by atoms with Crippen molar-refractivity contribution < 1.29 is 9.47 Å². The Bertz CT molecular complexity index is 430. The highest BCUT2D eigenvalue weighted by Gasteiger charge is 2.21. The minimum atomic E-state index is 0. The molecule has 2 atom stereocenters. The molecule has 1 saturated heterocycles. The van der Waals surface area contributed by atoms with Gasteiger partial charge in [0, 0.05) is 19.2 Å². The Labute approximate surface area is 149 Å². The van der Waals surface area contributed by atoms with Gasteiger partial charge in [-0.2, -0.15) is 0 Å². The number of hydrogen-bond donors (Lipinski definition) is 1. The van der Waals surface area contributed by atoms with E-state index in [0.29, 0.717) is 18.8 Å². The molecule has 0 amide bonds. The molecule has 1 aliphatic heterocycles. The maximum absolute atomic E-state index is 5.70. The van der Waals surface area contributed by atoms with Gasteiger partial charge in [0.05, 0.1) is 21.7 Å². The van der Waals surface area contributed by atoms with Gasteiger partial charge in [-0.1, -0.05) is 0 Å². The molecular formula is C15H22Br2ClNO2. The summed E-state index contributed by atoms with van der Waals surface area (Å²) in [4.78, 5) is 0. The van der Waals surface area contributed by atoms with Crippen LogP contribution in [0.1, 0.15) is 32.3 Å². The number of rotatable bonds is 6. The van der Waals surface area contributed by atoms with E-state index >= 15 is 0 Å². The van der Waals surface area contributed by atoms with Gasteiger partial charge in [0.25, 0.3) is 0 Å². The van der Waals surface area contributed by atoms with Crippen molar-refractivity contribution in [2.24, 2.45) is 0 Å². The third-order valence-electron chi connectivity index (χ3n) is 3.50. The van der Waals surface area contributed by atoms with Crippen LogP contribution in [0.2, 0.25) is 0 Å². The summed E-state index contributed by atoms with van der Waals surface area (Å²) in [5.74, 6) is 0.864. The van der Waals surface area contributed by atoms with E-state index in [1.54, 1.807) is 0 Å². The van der Waals surface area contributed by atoms with Crippen LogP contribution in [0.5, 0.6) is 5.75 Å². The third kappa shape index (κ3) is 5.39. The first kappa shape index (κ1) is 19.2. The summed E-state index contributed by atoms with van der Waals surface area (Å²) in [6, 6.07) is 4.58. The Morgan fingerprint density at radius 2 is 2.05 bits per heavy atom. The molecule has 2 unspecified atom stereocenters. The quantitative estimate of drug-likeness (QED) is 0.692. The minimum Gasteiger partial charge on any atom is -0.492 e. The van der Waals surface area contributed by atoms with Crippen LogP contribution < -0.4 is 10.1 Å². The first-order chi connectivity index (χ1) is 9.61. The molecule has 1 N–H and O–H groups in total. The van der Waals surface area contributed by atoms with E-state index in [1.165, 1.54) is 12.0 Å². The molecule has 21 heavy (non-hydrogen) atoms. The molecule has 1 heterocycles. The lowest BCUT2D eigenvalue weighted by atomic mass is 10.1. The largest absolute Gasteiger partial charge is 0.492 e. The van der Waals surface area contributed by atoms with Crippen LogP contribution in [-0.2, 0) is 11.3 Å². The highest BCUT2D eigenvalue weighted by atomic mass is 79.9. The molecule has 2 rings (SSSR count). The van der Waals surface area contributed by atoms with Gasteiger partial charge in [-0.3, -0.25) is 0 Å². The SMILES string of the molecule is CCOc1c(Br)cc(CNC(C)C2CCCO2)cc1Br.Cl. The minimum absolute atomic E-state index is 0. The highest BCUT2D eigenvalue weighted by Crippen LogP contribution is 2.34. The normalized spacial score (nSPS) is 19.1. The number of benzene rings is 1. The van der Waals surface area contributed by atoms with Crippen molar-refractivity contribution in [3.05, 3.63) is 26.6 Å². The maximum Gasteiger partial charge on any atom is 0.147 e. The van der Waals surface area contributed by atoms with Gasteiger partial charge in [0.1, 0.15) is 5.75 Å². The van der Waals surface area contributed by atoms with Gasteiger partial charge >= 0.3 is 0 Å². The van der Waals surface area contributed by atoms with Gasteiger partial charge in [0.15, 0.2) is 0 Å². The molecule has 1 fully saturated rings. The molecule has 3 nitrogen and oxygen atoms in total. The van der Waals surface area contributed by atoms with Crippen molar-refractivity contribution in [2.45, 2.75) is 45.4 Å². The summed E-state index contributed by atoms with van der Waals surface area (Å²) in [6.45, 7) is 6.55. The van der Waals surface area contributed by atoms with Crippen molar-refractivity contribution in [2.75, 3.05) is 13.2 Å². The number of hydrogen-bond acceptors (Lipinski definition) is 3. The zero-order valence-corrected chi connectivity index (χ0v) is 16.3. The Hall–Kier alpha value is 0.190. The maximum atomic E-state index is 5.70. The smallest absolute Gasteiger partial charge is 0.147 e. The summed E-state index contributed by atoms with van der Waals surface area (Å²) in [5, 5.41) is 3.54. The highest BCUT2D eigenvalue weighted by molar-refractivity contribution is 9.11. The Morgan fingerprint density at radius 3 is 2.57 bits per heavy atom. The van der Waals surface area contributed by atoms with E-state index in [0.717, 1.165) is 34.3 Å². The molecule has 1 aliphatic rings. The third-order valence-corrected chi connectivity index (χ3v) is 4.68. The predicted octanol–water partition coefficient (Wildman–Crippen LogP) is 4.69. The monoisotopic (exact) mass is 441 g/mol. The summed E-state index contributed by atoms with van der Waals surface area (Å²) in [5.41, 5.74) is 1.22. The summed E-state index contributed by atoms with van der Waals surface area (Å²) >= 11 is 7.13. The van der Waals surface area contributed by atoms with Crippen molar-refractivity contribution in [1.29, 1.82) is 0 Å². The first-order valence-electron chi connectivity index (χ1n) is 7.07. The lowest BCUT2D eigenvalue weighted by Crippen LogP contribution is -2.36. The second kappa shape index (κ2) is 9.36. The van der Waals surface area contributed by atoms with E-state index in [2.05, 4.69) is 56.2 Å².